The molecule has 9 aromatic rings. The zero-order chi connectivity index (χ0) is 26.9. The molecule has 0 aliphatic heterocycles. The maximum atomic E-state index is 5.49. The molecule has 9 rings (SSSR count). The van der Waals surface area contributed by atoms with Crippen LogP contribution in [0.4, 0.5) is 0 Å². The Labute approximate surface area is 235 Å². The molecule has 0 bridgehead atoms. The van der Waals surface area contributed by atoms with Crippen molar-refractivity contribution in [2.75, 3.05) is 0 Å². The van der Waals surface area contributed by atoms with Crippen LogP contribution in [0.2, 0.25) is 0 Å². The van der Waals surface area contributed by atoms with Gasteiger partial charge in [0.25, 0.3) is 0 Å². The first-order valence-electron chi connectivity index (χ1n) is 13.8. The molecule has 0 amide bonds. The fourth-order valence-electron chi connectivity index (χ4n) is 6.42. The molecule has 6 aromatic carbocycles. The van der Waals surface area contributed by atoms with Gasteiger partial charge in [-0.05, 0) is 77.9 Å². The summed E-state index contributed by atoms with van der Waals surface area (Å²) in [5.41, 5.74) is 11.1. The van der Waals surface area contributed by atoms with Crippen molar-refractivity contribution in [1.29, 1.82) is 0 Å². The lowest BCUT2D eigenvalue weighted by atomic mass is 10.0. The molecule has 3 heterocycles. The van der Waals surface area contributed by atoms with E-state index in [0.29, 0.717) is 0 Å². The van der Waals surface area contributed by atoms with E-state index in [1.165, 1.54) is 66.8 Å². The molecule has 0 atom stereocenters. The van der Waals surface area contributed by atoms with Gasteiger partial charge in [-0.25, -0.2) is 4.98 Å². The third-order valence-electron chi connectivity index (χ3n) is 8.27. The van der Waals surface area contributed by atoms with E-state index in [1.54, 1.807) is 0 Å². The van der Waals surface area contributed by atoms with Crippen LogP contribution in [0.5, 0.6) is 0 Å². The Hall–Kier alpha value is -5.61. The van der Waals surface area contributed by atoms with Crippen LogP contribution >= 0.6 is 0 Å². The van der Waals surface area contributed by atoms with E-state index < -0.39 is 0 Å². The minimum absolute atomic E-state index is 0.792. The maximum absolute atomic E-state index is 5.49. The number of rotatable bonds is 3. The summed E-state index contributed by atoms with van der Waals surface area (Å²) in [5.74, 6) is 0. The average Bonchev–Trinajstić information content (AvgIpc) is 3.73. The summed E-state index contributed by atoms with van der Waals surface area (Å²) in [6, 6.07) is 47.8. The number of fused-ring (bicyclic) bond motifs is 7. The Morgan fingerprint density at radius 2 is 1.00 bits per heavy atom. The number of aromatic nitrogens is 3. The van der Waals surface area contributed by atoms with E-state index in [2.05, 4.69) is 142 Å². The molecule has 0 aliphatic rings. The van der Waals surface area contributed by atoms with E-state index >= 15 is 0 Å². The van der Waals surface area contributed by atoms with Crippen LogP contribution < -0.4 is 0 Å². The molecule has 0 fully saturated rings. The number of para-hydroxylation sites is 3. The minimum atomic E-state index is 0.792. The molecule has 4 nitrogen and oxygen atoms in total. The highest BCUT2D eigenvalue weighted by Crippen LogP contribution is 2.38. The third kappa shape index (κ3) is 3.25. The van der Waals surface area contributed by atoms with Crippen LogP contribution in [0.1, 0.15) is 0 Å². The zero-order valence-electron chi connectivity index (χ0n) is 22.0. The topological polar surface area (TPSA) is 35.9 Å². The van der Waals surface area contributed by atoms with Crippen LogP contribution in [-0.4, -0.2) is 14.1 Å². The number of nitrogens with zero attached hydrogens (tertiary/aromatic N) is 3. The molecule has 4 heteroatoms. The highest BCUT2D eigenvalue weighted by molar-refractivity contribution is 6.12. The largest absolute Gasteiger partial charge is 0.443 e. The van der Waals surface area contributed by atoms with Gasteiger partial charge >= 0.3 is 0 Å². The lowest BCUT2D eigenvalue weighted by molar-refractivity contribution is 0.602. The Balaban J connectivity index is 1.26. The second kappa shape index (κ2) is 8.44. The Morgan fingerprint density at radius 3 is 1.66 bits per heavy atom. The van der Waals surface area contributed by atoms with Gasteiger partial charge in [0, 0.05) is 32.9 Å². The fourth-order valence-corrected chi connectivity index (χ4v) is 6.42. The lowest BCUT2D eigenvalue weighted by Crippen LogP contribution is -1.93. The summed E-state index contributed by atoms with van der Waals surface area (Å²) in [4.78, 5) is 4.39. The molecule has 41 heavy (non-hydrogen) atoms. The van der Waals surface area contributed by atoms with Crippen molar-refractivity contribution in [2.24, 2.45) is 0 Å². The molecule has 0 N–H and O–H groups in total. The number of hydrogen-bond acceptors (Lipinski definition) is 2. The van der Waals surface area contributed by atoms with Gasteiger partial charge < -0.3 is 13.6 Å². The predicted molar refractivity (Wildman–Crippen MR) is 168 cm³/mol. The van der Waals surface area contributed by atoms with Gasteiger partial charge in [-0.15, -0.1) is 0 Å². The molecule has 0 spiro atoms. The molecule has 0 saturated heterocycles. The van der Waals surface area contributed by atoms with Crippen molar-refractivity contribution in [3.05, 3.63) is 140 Å². The standard InChI is InChI=1S/C37H23N3O/c1-2-8-26(9-3-1)39-33-12-6-4-10-28(33)30-20-24(14-17-35(30)39)25-15-18-36-31(21-25)29-11-5-7-13-34(29)40(36)27-16-19-37-32(22-27)38-23-41-37/h1-23H. The molecular weight excluding hydrogens is 502 g/mol. The predicted octanol–water partition coefficient (Wildman–Crippen LogP) is 9.69. The van der Waals surface area contributed by atoms with Gasteiger partial charge in [-0.1, -0.05) is 66.7 Å². The Morgan fingerprint density at radius 1 is 0.439 bits per heavy atom. The summed E-state index contributed by atoms with van der Waals surface area (Å²) < 4.78 is 10.2. The normalized spacial score (nSPS) is 11.9. The van der Waals surface area contributed by atoms with Crippen molar-refractivity contribution in [3.8, 4) is 22.5 Å². The van der Waals surface area contributed by atoms with Crippen LogP contribution in [0.3, 0.4) is 0 Å². The van der Waals surface area contributed by atoms with Crippen LogP contribution in [0.15, 0.2) is 144 Å². The first-order valence-corrected chi connectivity index (χ1v) is 13.8. The first-order chi connectivity index (χ1) is 20.3. The quantitative estimate of drug-likeness (QED) is 0.230. The van der Waals surface area contributed by atoms with Crippen LogP contribution in [-0.2, 0) is 0 Å². The Kier molecular flexibility index (Phi) is 4.58. The number of oxazole rings is 1. The van der Waals surface area contributed by atoms with E-state index in [-0.39, 0.29) is 0 Å². The van der Waals surface area contributed by atoms with E-state index in [1.807, 2.05) is 6.07 Å². The molecular formula is C37H23N3O. The van der Waals surface area contributed by atoms with Crippen molar-refractivity contribution in [1.82, 2.24) is 14.1 Å². The molecule has 0 saturated carbocycles. The monoisotopic (exact) mass is 525 g/mol. The SMILES string of the molecule is c1ccc(-n2c3ccccc3c3cc(-c4ccc5c(c4)c4ccccc4n5-c4ccc5ocnc5c4)ccc32)cc1. The van der Waals surface area contributed by atoms with Gasteiger partial charge in [0.15, 0.2) is 12.0 Å². The van der Waals surface area contributed by atoms with Gasteiger partial charge in [-0.3, -0.25) is 0 Å². The highest BCUT2D eigenvalue weighted by atomic mass is 16.3. The van der Waals surface area contributed by atoms with Gasteiger partial charge in [-0.2, -0.15) is 0 Å². The molecule has 3 aromatic heterocycles. The van der Waals surface area contributed by atoms with Crippen molar-refractivity contribution < 1.29 is 4.42 Å². The third-order valence-corrected chi connectivity index (χ3v) is 8.27. The van der Waals surface area contributed by atoms with Gasteiger partial charge in [0.2, 0.25) is 0 Å². The summed E-state index contributed by atoms with van der Waals surface area (Å²) in [7, 11) is 0. The first kappa shape index (κ1) is 22.2. The fraction of sp³-hybridized carbons (Fsp3) is 0. The van der Waals surface area contributed by atoms with Crippen molar-refractivity contribution in [3.63, 3.8) is 0 Å². The summed E-state index contributed by atoms with van der Waals surface area (Å²) in [6.07, 6.45) is 1.50. The minimum Gasteiger partial charge on any atom is -0.443 e. The van der Waals surface area contributed by atoms with Gasteiger partial charge in [0.05, 0.1) is 22.1 Å². The summed E-state index contributed by atoms with van der Waals surface area (Å²) in [6.45, 7) is 0. The Bertz CT molecular complexity index is 2420. The van der Waals surface area contributed by atoms with Gasteiger partial charge in [0.1, 0.15) is 5.52 Å². The van der Waals surface area contributed by atoms with Crippen LogP contribution in [0.25, 0.3) is 77.2 Å². The zero-order valence-corrected chi connectivity index (χ0v) is 22.0. The van der Waals surface area contributed by atoms with E-state index in [4.69, 9.17) is 4.42 Å². The maximum Gasteiger partial charge on any atom is 0.181 e. The summed E-state index contributed by atoms with van der Waals surface area (Å²) >= 11 is 0. The van der Waals surface area contributed by atoms with Crippen molar-refractivity contribution >= 4 is 54.7 Å². The average molecular weight is 526 g/mol. The molecule has 192 valence electrons. The molecule has 0 unspecified atom stereocenters. The van der Waals surface area contributed by atoms with Crippen LogP contribution in [0, 0.1) is 0 Å². The number of hydrogen-bond donors (Lipinski definition) is 0. The number of benzene rings is 6. The van der Waals surface area contributed by atoms with E-state index in [0.717, 1.165) is 16.8 Å². The smallest absolute Gasteiger partial charge is 0.181 e. The lowest BCUT2D eigenvalue weighted by Gasteiger charge is -2.09. The highest BCUT2D eigenvalue weighted by Gasteiger charge is 2.16. The summed E-state index contributed by atoms with van der Waals surface area (Å²) in [5, 5.41) is 4.97. The van der Waals surface area contributed by atoms with Crippen molar-refractivity contribution in [2.45, 2.75) is 0 Å². The molecule has 0 aliphatic carbocycles. The van der Waals surface area contributed by atoms with E-state index in [9.17, 15) is 0 Å². The second-order valence-electron chi connectivity index (χ2n) is 10.5. The second-order valence-corrected chi connectivity index (χ2v) is 10.5. The molecule has 0 radical (unpaired) electrons.